The van der Waals surface area contributed by atoms with Gasteiger partial charge >= 0.3 is 0 Å². The zero-order valence-corrected chi connectivity index (χ0v) is 14.7. The summed E-state index contributed by atoms with van der Waals surface area (Å²) in [4.78, 5) is 2.12. The number of nitrogen functional groups attached to an aromatic ring is 1. The smallest absolute Gasteiger partial charge is 0.208 e. The highest BCUT2D eigenvalue weighted by Crippen LogP contribution is 2.55. The monoisotopic (exact) mass is 345 g/mol. The second-order valence-electron chi connectivity index (χ2n) is 6.68. The van der Waals surface area contributed by atoms with Crippen LogP contribution in [0, 0.1) is 45.3 Å². The van der Waals surface area contributed by atoms with Gasteiger partial charge in [0.1, 0.15) is 11.8 Å². The van der Waals surface area contributed by atoms with E-state index in [-0.39, 0.29) is 11.7 Å². The number of fused-ring (bicyclic) bond motifs is 1. The number of likely N-dealkylation sites (N-methyl/N-ethyl adjacent to an activating group) is 1. The SMILES string of the molecule is COC1=C(C#N)C2=CCN(C)CC2C(c2ccc(N)cc2)C1(C#N)C#N. The quantitative estimate of drug-likeness (QED) is 0.824. The zero-order chi connectivity index (χ0) is 18.9. The van der Waals surface area contributed by atoms with Crippen molar-refractivity contribution in [3.63, 3.8) is 0 Å². The summed E-state index contributed by atoms with van der Waals surface area (Å²) in [6.45, 7) is 1.35. The van der Waals surface area contributed by atoms with Crippen molar-refractivity contribution in [2.24, 2.45) is 11.3 Å². The number of ether oxygens (including phenoxy) is 1. The van der Waals surface area contributed by atoms with E-state index in [1.165, 1.54) is 7.11 Å². The van der Waals surface area contributed by atoms with Crippen molar-refractivity contribution in [3.05, 3.63) is 52.8 Å². The van der Waals surface area contributed by atoms with Gasteiger partial charge in [-0.15, -0.1) is 0 Å². The molecule has 0 radical (unpaired) electrons. The van der Waals surface area contributed by atoms with Crippen LogP contribution in [0.2, 0.25) is 0 Å². The maximum atomic E-state index is 10.0. The van der Waals surface area contributed by atoms with Crippen molar-refractivity contribution in [2.45, 2.75) is 5.92 Å². The number of nitriles is 3. The second-order valence-corrected chi connectivity index (χ2v) is 6.68. The third-order valence-electron chi connectivity index (χ3n) is 5.24. The number of benzene rings is 1. The molecule has 2 atom stereocenters. The van der Waals surface area contributed by atoms with Crippen LogP contribution in [0.5, 0.6) is 0 Å². The lowest BCUT2D eigenvalue weighted by Gasteiger charge is -2.45. The molecule has 1 aromatic carbocycles. The van der Waals surface area contributed by atoms with E-state index in [4.69, 9.17) is 10.5 Å². The first-order valence-corrected chi connectivity index (χ1v) is 8.28. The maximum absolute atomic E-state index is 10.0. The van der Waals surface area contributed by atoms with E-state index in [2.05, 4.69) is 23.1 Å². The minimum atomic E-state index is -1.57. The van der Waals surface area contributed by atoms with Gasteiger partial charge in [-0.1, -0.05) is 18.2 Å². The summed E-state index contributed by atoms with van der Waals surface area (Å²) in [6, 6.07) is 13.7. The number of hydrogen-bond donors (Lipinski definition) is 1. The predicted molar refractivity (Wildman–Crippen MR) is 96.0 cm³/mol. The summed E-state index contributed by atoms with van der Waals surface area (Å²) >= 11 is 0. The minimum absolute atomic E-state index is 0.138. The molecule has 2 N–H and O–H groups in total. The lowest BCUT2D eigenvalue weighted by molar-refractivity contribution is 0.164. The van der Waals surface area contributed by atoms with Crippen molar-refractivity contribution in [2.75, 3.05) is 33.0 Å². The number of nitrogens with zero attached hydrogens (tertiary/aromatic N) is 4. The van der Waals surface area contributed by atoms with Crippen LogP contribution < -0.4 is 5.73 Å². The van der Waals surface area contributed by atoms with E-state index in [0.29, 0.717) is 24.4 Å². The number of rotatable bonds is 2. The van der Waals surface area contributed by atoms with E-state index in [0.717, 1.165) is 11.1 Å². The highest BCUT2D eigenvalue weighted by Gasteiger charge is 2.56. The van der Waals surface area contributed by atoms with Crippen LogP contribution in [0.1, 0.15) is 11.5 Å². The highest BCUT2D eigenvalue weighted by atomic mass is 16.5. The van der Waals surface area contributed by atoms with E-state index >= 15 is 0 Å². The largest absolute Gasteiger partial charge is 0.497 e. The lowest BCUT2D eigenvalue weighted by Crippen LogP contribution is -2.45. The Hall–Kier alpha value is -3.27. The summed E-state index contributed by atoms with van der Waals surface area (Å²) in [5, 5.41) is 29.8. The van der Waals surface area contributed by atoms with Gasteiger partial charge in [0.2, 0.25) is 5.41 Å². The molecule has 0 saturated carbocycles. The molecule has 26 heavy (non-hydrogen) atoms. The zero-order valence-electron chi connectivity index (χ0n) is 14.7. The van der Waals surface area contributed by atoms with Crippen molar-refractivity contribution in [1.82, 2.24) is 4.90 Å². The highest BCUT2D eigenvalue weighted by molar-refractivity contribution is 5.59. The Labute approximate surface area is 153 Å². The number of methoxy groups -OCH3 is 1. The minimum Gasteiger partial charge on any atom is -0.497 e. The Morgan fingerprint density at radius 1 is 1.19 bits per heavy atom. The molecule has 6 heteroatoms. The van der Waals surface area contributed by atoms with Gasteiger partial charge in [0.25, 0.3) is 0 Å². The fourth-order valence-corrected chi connectivity index (χ4v) is 4.09. The van der Waals surface area contributed by atoms with Gasteiger partial charge in [-0.05, 0) is 30.3 Å². The van der Waals surface area contributed by atoms with Crippen LogP contribution in [0.3, 0.4) is 0 Å². The molecule has 0 bridgehead atoms. The summed E-state index contributed by atoms with van der Waals surface area (Å²) < 4.78 is 5.48. The third-order valence-corrected chi connectivity index (χ3v) is 5.24. The van der Waals surface area contributed by atoms with Crippen molar-refractivity contribution < 1.29 is 4.74 Å². The van der Waals surface area contributed by atoms with Gasteiger partial charge in [0.15, 0.2) is 0 Å². The molecule has 130 valence electrons. The van der Waals surface area contributed by atoms with Gasteiger partial charge in [-0.2, -0.15) is 15.8 Å². The number of hydrogen-bond acceptors (Lipinski definition) is 6. The van der Waals surface area contributed by atoms with Gasteiger partial charge < -0.3 is 15.4 Å². The van der Waals surface area contributed by atoms with Crippen LogP contribution in [-0.2, 0) is 4.74 Å². The molecule has 6 nitrogen and oxygen atoms in total. The Kier molecular flexibility index (Phi) is 4.43. The molecule has 0 amide bonds. The predicted octanol–water partition coefficient (Wildman–Crippen LogP) is 2.31. The van der Waals surface area contributed by atoms with Gasteiger partial charge in [-0.25, -0.2) is 0 Å². The Bertz CT molecular complexity index is 893. The molecule has 0 fully saturated rings. The normalized spacial score (nSPS) is 24.5. The van der Waals surface area contributed by atoms with Gasteiger partial charge in [0, 0.05) is 30.6 Å². The van der Waals surface area contributed by atoms with Crippen LogP contribution in [0.4, 0.5) is 5.69 Å². The van der Waals surface area contributed by atoms with Crippen LogP contribution in [0.25, 0.3) is 0 Å². The van der Waals surface area contributed by atoms with E-state index in [9.17, 15) is 15.8 Å². The van der Waals surface area contributed by atoms with Crippen molar-refractivity contribution in [3.8, 4) is 18.2 Å². The second kappa shape index (κ2) is 6.56. The molecule has 0 spiro atoms. The molecule has 0 saturated heterocycles. The molecule has 2 aliphatic rings. The first-order valence-electron chi connectivity index (χ1n) is 8.28. The van der Waals surface area contributed by atoms with Crippen molar-refractivity contribution >= 4 is 5.69 Å². The number of allylic oxidation sites excluding steroid dienone is 2. The molecule has 1 aliphatic carbocycles. The van der Waals surface area contributed by atoms with E-state index in [1.54, 1.807) is 12.1 Å². The molecule has 2 unspecified atom stereocenters. The topological polar surface area (TPSA) is 110 Å². The fourth-order valence-electron chi connectivity index (χ4n) is 4.09. The molecule has 1 aliphatic heterocycles. The Balaban J connectivity index is 2.35. The van der Waals surface area contributed by atoms with Crippen LogP contribution >= 0.6 is 0 Å². The summed E-state index contributed by atoms with van der Waals surface area (Å²) in [5.41, 5.74) is 6.84. The first-order chi connectivity index (χ1) is 12.5. The Morgan fingerprint density at radius 2 is 1.85 bits per heavy atom. The lowest BCUT2D eigenvalue weighted by atomic mass is 9.58. The van der Waals surface area contributed by atoms with Crippen molar-refractivity contribution in [1.29, 1.82) is 15.8 Å². The maximum Gasteiger partial charge on any atom is 0.208 e. The van der Waals surface area contributed by atoms with Gasteiger partial charge in [-0.3, -0.25) is 0 Å². The average Bonchev–Trinajstić information content (AvgIpc) is 2.66. The standard InChI is InChI=1S/C20H19N5O/c1-25-8-7-15-16(9-21)19(26-2)20(11-22,12-23)18(17(15)10-25)13-3-5-14(24)6-4-13/h3-7,17-18H,8,10,24H2,1-2H3. The third kappa shape index (κ3) is 2.42. The molecule has 0 aromatic heterocycles. The average molecular weight is 345 g/mol. The van der Waals surface area contributed by atoms with Crippen LogP contribution in [-0.4, -0.2) is 32.1 Å². The molecule has 1 heterocycles. The first kappa shape index (κ1) is 17.5. The van der Waals surface area contributed by atoms with Crippen LogP contribution in [0.15, 0.2) is 47.2 Å². The van der Waals surface area contributed by atoms with Gasteiger partial charge in [0.05, 0.1) is 24.8 Å². The summed E-state index contributed by atoms with van der Waals surface area (Å²) in [7, 11) is 3.39. The molecular formula is C20H19N5O. The summed E-state index contributed by atoms with van der Waals surface area (Å²) in [5.74, 6) is -0.483. The summed E-state index contributed by atoms with van der Waals surface area (Å²) in [6.07, 6.45) is 1.99. The Morgan fingerprint density at radius 3 is 2.38 bits per heavy atom. The molecule has 1 aromatic rings. The fraction of sp³-hybridized carbons (Fsp3) is 0.350. The molecular weight excluding hydrogens is 326 g/mol. The molecule has 3 rings (SSSR count). The number of nitrogens with two attached hydrogens (primary N) is 1. The number of anilines is 1. The van der Waals surface area contributed by atoms with E-state index < -0.39 is 11.3 Å². The van der Waals surface area contributed by atoms with E-state index in [1.807, 2.05) is 25.3 Å².